The topological polar surface area (TPSA) is 43.2 Å². The summed E-state index contributed by atoms with van der Waals surface area (Å²) >= 11 is 0. The molecule has 0 N–H and O–H groups in total. The SMILES string of the molecule is COc1ccc(CN(C)Cc2cccc3ncccc23)cc1Cn1cccn1. The molecule has 2 aromatic heterocycles. The van der Waals surface area contributed by atoms with Crippen molar-refractivity contribution < 1.29 is 4.74 Å². The number of hydrogen-bond donors (Lipinski definition) is 0. The summed E-state index contributed by atoms with van der Waals surface area (Å²) in [4.78, 5) is 6.78. The van der Waals surface area contributed by atoms with Crippen molar-refractivity contribution in [3.05, 3.63) is 89.9 Å². The minimum absolute atomic E-state index is 0.697. The van der Waals surface area contributed by atoms with E-state index in [1.807, 2.05) is 35.3 Å². The van der Waals surface area contributed by atoms with Crippen molar-refractivity contribution in [1.29, 1.82) is 0 Å². The molecular formula is C23H24N4O. The number of pyridine rings is 1. The lowest BCUT2D eigenvalue weighted by atomic mass is 10.1. The predicted molar refractivity (Wildman–Crippen MR) is 111 cm³/mol. The summed E-state index contributed by atoms with van der Waals surface area (Å²) in [5.74, 6) is 0.891. The second-order valence-corrected chi connectivity index (χ2v) is 7.01. The Bertz CT molecular complexity index is 1050. The third-order valence-corrected chi connectivity index (χ3v) is 4.87. The Kier molecular flexibility index (Phi) is 5.35. The van der Waals surface area contributed by atoms with E-state index in [1.54, 1.807) is 13.3 Å². The molecule has 0 saturated carbocycles. The molecule has 0 aliphatic rings. The standard InChI is InChI=1S/C23H24N4O/c1-26(16-19-6-3-8-22-21(19)7-4-11-24-22)15-18-9-10-23(28-2)20(14-18)17-27-13-5-12-25-27/h3-14H,15-17H2,1-2H3. The second-order valence-electron chi connectivity index (χ2n) is 7.01. The maximum Gasteiger partial charge on any atom is 0.123 e. The average Bonchev–Trinajstić information content (AvgIpc) is 3.22. The van der Waals surface area contributed by atoms with E-state index >= 15 is 0 Å². The highest BCUT2D eigenvalue weighted by Gasteiger charge is 2.09. The van der Waals surface area contributed by atoms with Crippen LogP contribution >= 0.6 is 0 Å². The Labute approximate surface area is 165 Å². The molecule has 0 aliphatic carbocycles. The number of nitrogens with zero attached hydrogens (tertiary/aromatic N) is 4. The lowest BCUT2D eigenvalue weighted by molar-refractivity contribution is 0.320. The zero-order chi connectivity index (χ0) is 19.3. The van der Waals surface area contributed by atoms with E-state index in [-0.39, 0.29) is 0 Å². The van der Waals surface area contributed by atoms with Crippen molar-refractivity contribution in [3.63, 3.8) is 0 Å². The lowest BCUT2D eigenvalue weighted by Crippen LogP contribution is -2.17. The van der Waals surface area contributed by atoms with E-state index in [9.17, 15) is 0 Å². The molecule has 0 bridgehead atoms. The largest absolute Gasteiger partial charge is 0.496 e. The Morgan fingerprint density at radius 1 is 0.964 bits per heavy atom. The van der Waals surface area contributed by atoms with Gasteiger partial charge in [-0.05, 0) is 48.5 Å². The molecule has 4 aromatic rings. The van der Waals surface area contributed by atoms with Crippen molar-refractivity contribution in [2.24, 2.45) is 0 Å². The van der Waals surface area contributed by atoms with Crippen molar-refractivity contribution >= 4 is 10.9 Å². The van der Waals surface area contributed by atoms with Crippen LogP contribution in [-0.2, 0) is 19.6 Å². The zero-order valence-electron chi connectivity index (χ0n) is 16.2. The molecule has 5 nitrogen and oxygen atoms in total. The molecule has 2 aromatic carbocycles. The first kappa shape index (κ1) is 18.2. The summed E-state index contributed by atoms with van der Waals surface area (Å²) in [6.45, 7) is 2.42. The van der Waals surface area contributed by atoms with E-state index in [4.69, 9.17) is 4.74 Å². The number of aromatic nitrogens is 3. The average molecular weight is 372 g/mol. The molecule has 2 heterocycles. The number of ether oxygens (including phenoxy) is 1. The summed E-state index contributed by atoms with van der Waals surface area (Å²) < 4.78 is 7.45. The Morgan fingerprint density at radius 2 is 1.89 bits per heavy atom. The zero-order valence-corrected chi connectivity index (χ0v) is 16.2. The molecule has 5 heteroatoms. The van der Waals surface area contributed by atoms with Gasteiger partial charge in [-0.1, -0.05) is 24.3 Å². The molecule has 0 spiro atoms. The highest BCUT2D eigenvalue weighted by Crippen LogP contribution is 2.23. The first-order chi connectivity index (χ1) is 13.7. The van der Waals surface area contributed by atoms with Crippen LogP contribution in [0.15, 0.2) is 73.2 Å². The van der Waals surface area contributed by atoms with Crippen LogP contribution < -0.4 is 4.74 Å². The minimum atomic E-state index is 0.697. The summed E-state index contributed by atoms with van der Waals surface area (Å²) in [7, 11) is 3.86. The van der Waals surface area contributed by atoms with Crippen LogP contribution in [0, 0.1) is 0 Å². The number of fused-ring (bicyclic) bond motifs is 1. The van der Waals surface area contributed by atoms with Crippen molar-refractivity contribution in [1.82, 2.24) is 19.7 Å². The van der Waals surface area contributed by atoms with Gasteiger partial charge < -0.3 is 4.74 Å². The van der Waals surface area contributed by atoms with Crippen LogP contribution in [0.3, 0.4) is 0 Å². The van der Waals surface area contributed by atoms with Crippen LogP contribution in [-0.4, -0.2) is 33.8 Å². The monoisotopic (exact) mass is 372 g/mol. The highest BCUT2D eigenvalue weighted by atomic mass is 16.5. The third-order valence-electron chi connectivity index (χ3n) is 4.87. The summed E-state index contributed by atoms with van der Waals surface area (Å²) in [5, 5.41) is 5.52. The lowest BCUT2D eigenvalue weighted by Gasteiger charge is -2.19. The molecule has 0 fully saturated rings. The minimum Gasteiger partial charge on any atom is -0.496 e. The molecule has 142 valence electrons. The molecule has 0 amide bonds. The summed E-state index contributed by atoms with van der Waals surface area (Å²) in [6.07, 6.45) is 5.60. The van der Waals surface area contributed by atoms with Gasteiger partial charge in [0.15, 0.2) is 0 Å². The smallest absolute Gasteiger partial charge is 0.123 e. The molecule has 0 atom stereocenters. The van der Waals surface area contributed by atoms with Crippen LogP contribution in [0.5, 0.6) is 5.75 Å². The molecule has 4 rings (SSSR count). The van der Waals surface area contributed by atoms with E-state index in [1.165, 1.54) is 16.5 Å². The second kappa shape index (κ2) is 8.23. The fourth-order valence-electron chi connectivity index (χ4n) is 3.59. The summed E-state index contributed by atoms with van der Waals surface area (Å²) in [5.41, 5.74) is 4.72. The maximum atomic E-state index is 5.54. The highest BCUT2D eigenvalue weighted by molar-refractivity contribution is 5.81. The van der Waals surface area contributed by atoms with Crippen LogP contribution in [0.25, 0.3) is 10.9 Å². The van der Waals surface area contributed by atoms with Gasteiger partial charge >= 0.3 is 0 Å². The van der Waals surface area contributed by atoms with Crippen LogP contribution in [0.4, 0.5) is 0 Å². The quantitative estimate of drug-likeness (QED) is 0.489. The van der Waals surface area contributed by atoms with Gasteiger partial charge in [0.1, 0.15) is 5.75 Å². The normalized spacial score (nSPS) is 11.2. The third kappa shape index (κ3) is 4.05. The van der Waals surface area contributed by atoms with E-state index in [0.717, 1.165) is 29.9 Å². The van der Waals surface area contributed by atoms with E-state index < -0.39 is 0 Å². The number of rotatable bonds is 7. The van der Waals surface area contributed by atoms with Gasteiger partial charge in [0.05, 0.1) is 19.2 Å². The molecule has 0 aliphatic heterocycles. The van der Waals surface area contributed by atoms with Gasteiger partial charge in [0.25, 0.3) is 0 Å². The van der Waals surface area contributed by atoms with Crippen molar-refractivity contribution in [3.8, 4) is 5.75 Å². The van der Waals surface area contributed by atoms with Gasteiger partial charge in [-0.25, -0.2) is 0 Å². The molecule has 0 unspecified atom stereocenters. The number of methoxy groups -OCH3 is 1. The number of benzene rings is 2. The molecular weight excluding hydrogens is 348 g/mol. The van der Waals surface area contributed by atoms with E-state index in [2.05, 4.69) is 58.4 Å². The molecule has 0 radical (unpaired) electrons. The van der Waals surface area contributed by atoms with E-state index in [0.29, 0.717) is 6.54 Å². The summed E-state index contributed by atoms with van der Waals surface area (Å²) in [6, 6.07) is 18.8. The maximum absolute atomic E-state index is 5.54. The Hall–Kier alpha value is -3.18. The van der Waals surface area contributed by atoms with Gasteiger partial charge in [0, 0.05) is 42.6 Å². The fraction of sp³-hybridized carbons (Fsp3) is 0.217. The fourth-order valence-corrected chi connectivity index (χ4v) is 3.59. The van der Waals surface area contributed by atoms with Crippen molar-refractivity contribution in [2.75, 3.05) is 14.2 Å². The van der Waals surface area contributed by atoms with Crippen LogP contribution in [0.2, 0.25) is 0 Å². The Morgan fingerprint density at radius 3 is 2.71 bits per heavy atom. The molecule has 28 heavy (non-hydrogen) atoms. The Balaban J connectivity index is 1.51. The van der Waals surface area contributed by atoms with Crippen molar-refractivity contribution in [2.45, 2.75) is 19.6 Å². The predicted octanol–water partition coefficient (Wildman–Crippen LogP) is 4.12. The molecule has 0 saturated heterocycles. The van der Waals surface area contributed by atoms with Crippen LogP contribution in [0.1, 0.15) is 16.7 Å². The van der Waals surface area contributed by atoms with Gasteiger partial charge in [-0.3, -0.25) is 14.6 Å². The number of hydrogen-bond acceptors (Lipinski definition) is 4. The van der Waals surface area contributed by atoms with Gasteiger partial charge in [-0.2, -0.15) is 5.10 Å². The first-order valence-corrected chi connectivity index (χ1v) is 9.37. The first-order valence-electron chi connectivity index (χ1n) is 9.37. The van der Waals surface area contributed by atoms with Gasteiger partial charge in [-0.15, -0.1) is 0 Å². The van der Waals surface area contributed by atoms with Gasteiger partial charge in [0.2, 0.25) is 0 Å².